The van der Waals surface area contributed by atoms with Gasteiger partial charge in [0.2, 0.25) is 0 Å². The molecular formula is C7H9ClFN. The zero-order valence-electron chi connectivity index (χ0n) is 5.75. The summed E-state index contributed by atoms with van der Waals surface area (Å²) in [6, 6.07) is 0. The van der Waals surface area contributed by atoms with Gasteiger partial charge >= 0.3 is 0 Å². The summed E-state index contributed by atoms with van der Waals surface area (Å²) in [4.78, 5) is 0. The Balaban J connectivity index is 2.80. The summed E-state index contributed by atoms with van der Waals surface area (Å²) in [5.74, 6) is -0.237. The SMILES string of the molecule is CNC1=C(F)C=C(Cl)CC1. The second-order valence-electron chi connectivity index (χ2n) is 2.17. The highest BCUT2D eigenvalue weighted by Gasteiger charge is 2.09. The van der Waals surface area contributed by atoms with Crippen molar-refractivity contribution in [3.8, 4) is 0 Å². The number of rotatable bonds is 1. The van der Waals surface area contributed by atoms with E-state index in [2.05, 4.69) is 5.32 Å². The zero-order chi connectivity index (χ0) is 7.56. The Hall–Kier alpha value is -0.500. The third kappa shape index (κ3) is 1.51. The molecule has 0 unspecified atom stereocenters. The lowest BCUT2D eigenvalue weighted by molar-refractivity contribution is 0.615. The lowest BCUT2D eigenvalue weighted by Crippen LogP contribution is -2.09. The van der Waals surface area contributed by atoms with Gasteiger partial charge in [0.1, 0.15) is 5.83 Å². The zero-order valence-corrected chi connectivity index (χ0v) is 6.50. The molecule has 0 spiro atoms. The second-order valence-corrected chi connectivity index (χ2v) is 2.65. The van der Waals surface area contributed by atoms with E-state index in [4.69, 9.17) is 11.6 Å². The van der Waals surface area contributed by atoms with Gasteiger partial charge in [0.05, 0.1) is 0 Å². The molecule has 0 saturated heterocycles. The smallest absolute Gasteiger partial charge is 0.143 e. The molecule has 0 aromatic heterocycles. The third-order valence-corrected chi connectivity index (χ3v) is 1.79. The maximum absolute atomic E-state index is 12.8. The maximum Gasteiger partial charge on any atom is 0.143 e. The van der Waals surface area contributed by atoms with Gasteiger partial charge in [-0.2, -0.15) is 0 Å². The van der Waals surface area contributed by atoms with Crippen LogP contribution in [0.5, 0.6) is 0 Å². The minimum Gasteiger partial charge on any atom is -0.389 e. The molecule has 0 aliphatic heterocycles. The lowest BCUT2D eigenvalue weighted by atomic mass is 10.1. The van der Waals surface area contributed by atoms with Crippen LogP contribution in [-0.2, 0) is 0 Å². The van der Waals surface area contributed by atoms with E-state index in [9.17, 15) is 4.39 Å². The molecule has 0 atom stereocenters. The van der Waals surface area contributed by atoms with E-state index in [1.54, 1.807) is 7.05 Å². The number of nitrogens with one attached hydrogen (secondary N) is 1. The summed E-state index contributed by atoms with van der Waals surface area (Å²) in [6.07, 6.45) is 2.78. The molecule has 0 aromatic rings. The average molecular weight is 162 g/mol. The highest BCUT2D eigenvalue weighted by atomic mass is 35.5. The van der Waals surface area contributed by atoms with Gasteiger partial charge in [0.25, 0.3) is 0 Å². The van der Waals surface area contributed by atoms with Crippen LogP contribution in [0.25, 0.3) is 0 Å². The fourth-order valence-corrected chi connectivity index (χ4v) is 1.10. The minimum absolute atomic E-state index is 0.237. The van der Waals surface area contributed by atoms with Crippen LogP contribution in [0.2, 0.25) is 0 Å². The van der Waals surface area contributed by atoms with Crippen molar-refractivity contribution in [3.63, 3.8) is 0 Å². The van der Waals surface area contributed by atoms with Crippen LogP contribution in [0.15, 0.2) is 22.6 Å². The molecule has 0 aromatic carbocycles. The van der Waals surface area contributed by atoms with Gasteiger partial charge in [-0.1, -0.05) is 11.6 Å². The molecule has 0 saturated carbocycles. The number of halogens is 2. The van der Waals surface area contributed by atoms with Crippen molar-refractivity contribution in [1.82, 2.24) is 5.32 Å². The van der Waals surface area contributed by atoms with Crippen LogP contribution < -0.4 is 5.32 Å². The number of hydrogen-bond acceptors (Lipinski definition) is 1. The van der Waals surface area contributed by atoms with Gasteiger partial charge in [0.15, 0.2) is 0 Å². The Bertz CT molecular complexity index is 196. The second kappa shape index (κ2) is 3.06. The van der Waals surface area contributed by atoms with Gasteiger partial charge in [-0.3, -0.25) is 0 Å². The van der Waals surface area contributed by atoms with E-state index >= 15 is 0 Å². The topological polar surface area (TPSA) is 12.0 Å². The predicted molar refractivity (Wildman–Crippen MR) is 40.4 cm³/mol. The van der Waals surface area contributed by atoms with Crippen molar-refractivity contribution in [3.05, 3.63) is 22.6 Å². The fraction of sp³-hybridized carbons (Fsp3) is 0.429. The Labute approximate surface area is 64.6 Å². The Morgan fingerprint density at radius 2 is 2.30 bits per heavy atom. The molecule has 1 nitrogen and oxygen atoms in total. The predicted octanol–water partition coefficient (Wildman–Crippen LogP) is 2.30. The molecule has 0 bridgehead atoms. The molecule has 0 amide bonds. The van der Waals surface area contributed by atoms with Crippen molar-refractivity contribution >= 4 is 11.6 Å². The molecule has 1 N–H and O–H groups in total. The summed E-state index contributed by atoms with van der Waals surface area (Å²) >= 11 is 5.59. The van der Waals surface area contributed by atoms with Gasteiger partial charge < -0.3 is 5.32 Å². The summed E-state index contributed by atoms with van der Waals surface area (Å²) in [5, 5.41) is 3.37. The molecule has 56 valence electrons. The van der Waals surface area contributed by atoms with Gasteiger partial charge in [-0.15, -0.1) is 0 Å². The van der Waals surface area contributed by atoms with Gasteiger partial charge in [0, 0.05) is 17.8 Å². The van der Waals surface area contributed by atoms with Crippen LogP contribution in [0.4, 0.5) is 4.39 Å². The molecule has 0 heterocycles. The Morgan fingerprint density at radius 1 is 1.60 bits per heavy atom. The van der Waals surface area contributed by atoms with Crippen LogP contribution in [0.3, 0.4) is 0 Å². The van der Waals surface area contributed by atoms with Crippen molar-refractivity contribution in [2.45, 2.75) is 12.8 Å². The number of allylic oxidation sites excluding steroid dienone is 4. The number of hydrogen-bond donors (Lipinski definition) is 1. The highest BCUT2D eigenvalue weighted by Crippen LogP contribution is 2.24. The van der Waals surface area contributed by atoms with Gasteiger partial charge in [-0.05, 0) is 18.9 Å². The van der Waals surface area contributed by atoms with Crippen molar-refractivity contribution in [2.24, 2.45) is 0 Å². The quantitative estimate of drug-likeness (QED) is 0.623. The lowest BCUT2D eigenvalue weighted by Gasteiger charge is -2.11. The first-order valence-electron chi connectivity index (χ1n) is 3.16. The largest absolute Gasteiger partial charge is 0.389 e. The van der Waals surface area contributed by atoms with Crippen molar-refractivity contribution < 1.29 is 4.39 Å². The fourth-order valence-electron chi connectivity index (χ4n) is 0.905. The highest BCUT2D eigenvalue weighted by molar-refractivity contribution is 6.29. The van der Waals surface area contributed by atoms with Gasteiger partial charge in [-0.25, -0.2) is 4.39 Å². The molecular weight excluding hydrogens is 153 g/mol. The van der Waals surface area contributed by atoms with E-state index < -0.39 is 0 Å². The summed E-state index contributed by atoms with van der Waals surface area (Å²) in [5.41, 5.74) is 0.643. The maximum atomic E-state index is 12.8. The minimum atomic E-state index is -0.237. The van der Waals surface area contributed by atoms with E-state index in [1.807, 2.05) is 0 Å². The molecule has 1 rings (SSSR count). The van der Waals surface area contributed by atoms with Crippen molar-refractivity contribution in [2.75, 3.05) is 7.05 Å². The van der Waals surface area contributed by atoms with E-state index in [0.29, 0.717) is 17.2 Å². The normalized spacial score (nSPS) is 18.9. The molecule has 1 aliphatic rings. The summed E-state index contributed by atoms with van der Waals surface area (Å²) in [6.45, 7) is 0. The monoisotopic (exact) mass is 161 g/mol. The standard InChI is InChI=1S/C7H9ClFN/c1-10-7-3-2-5(8)4-6(7)9/h4,10H,2-3H2,1H3. The van der Waals surface area contributed by atoms with E-state index in [1.165, 1.54) is 6.08 Å². The Kier molecular flexibility index (Phi) is 2.33. The Morgan fingerprint density at radius 3 is 2.80 bits per heavy atom. The first-order chi connectivity index (χ1) is 4.74. The van der Waals surface area contributed by atoms with E-state index in [-0.39, 0.29) is 5.83 Å². The van der Waals surface area contributed by atoms with Crippen LogP contribution in [0, 0.1) is 0 Å². The molecule has 1 aliphatic carbocycles. The first kappa shape index (κ1) is 7.61. The average Bonchev–Trinajstić information content (AvgIpc) is 1.88. The summed E-state index contributed by atoms with van der Waals surface area (Å²) < 4.78 is 12.8. The molecule has 0 fully saturated rings. The molecule has 10 heavy (non-hydrogen) atoms. The van der Waals surface area contributed by atoms with Crippen molar-refractivity contribution in [1.29, 1.82) is 0 Å². The first-order valence-corrected chi connectivity index (χ1v) is 3.54. The molecule has 0 radical (unpaired) electrons. The van der Waals surface area contributed by atoms with Crippen LogP contribution >= 0.6 is 11.6 Å². The van der Waals surface area contributed by atoms with Crippen LogP contribution in [-0.4, -0.2) is 7.05 Å². The molecule has 3 heteroatoms. The van der Waals surface area contributed by atoms with E-state index in [0.717, 1.165) is 6.42 Å². The van der Waals surface area contributed by atoms with Crippen LogP contribution in [0.1, 0.15) is 12.8 Å². The third-order valence-electron chi connectivity index (χ3n) is 1.49. The summed E-state index contributed by atoms with van der Waals surface area (Å²) in [7, 11) is 1.71.